The van der Waals surface area contributed by atoms with Crippen molar-refractivity contribution in [2.75, 3.05) is 0 Å². The van der Waals surface area contributed by atoms with Gasteiger partial charge in [0, 0.05) is 6.54 Å². The number of hydrogen-bond donors (Lipinski definition) is 1. The third-order valence-corrected chi connectivity index (χ3v) is 5.50. The number of rotatable bonds is 4. The topological polar surface area (TPSA) is 46.2 Å². The van der Waals surface area contributed by atoms with Gasteiger partial charge in [0.05, 0.1) is 10.5 Å². The van der Waals surface area contributed by atoms with Gasteiger partial charge in [-0.05, 0) is 54.2 Å². The highest BCUT2D eigenvalue weighted by Crippen LogP contribution is 2.29. The zero-order chi connectivity index (χ0) is 17.4. The maximum Gasteiger partial charge on any atom is 0.416 e. The molecule has 128 valence electrons. The van der Waals surface area contributed by atoms with Crippen molar-refractivity contribution in [3.05, 3.63) is 64.7 Å². The van der Waals surface area contributed by atoms with Crippen LogP contribution in [0.5, 0.6) is 0 Å². The van der Waals surface area contributed by atoms with Gasteiger partial charge in [-0.15, -0.1) is 0 Å². The maximum atomic E-state index is 12.7. The number of alkyl halides is 3. The molecule has 0 aromatic heterocycles. The molecule has 24 heavy (non-hydrogen) atoms. The van der Waals surface area contributed by atoms with Gasteiger partial charge in [0.2, 0.25) is 10.0 Å². The van der Waals surface area contributed by atoms with Crippen LogP contribution in [0.2, 0.25) is 0 Å². The number of fused-ring (bicyclic) bond motifs is 1. The van der Waals surface area contributed by atoms with Crippen molar-refractivity contribution >= 4 is 10.0 Å². The monoisotopic (exact) mass is 355 g/mol. The minimum Gasteiger partial charge on any atom is -0.207 e. The summed E-state index contributed by atoms with van der Waals surface area (Å²) < 4.78 is 65.2. The molecule has 7 heteroatoms. The minimum absolute atomic E-state index is 0.148. The summed E-state index contributed by atoms with van der Waals surface area (Å²) in [4.78, 5) is 0.148. The summed E-state index contributed by atoms with van der Waals surface area (Å²) in [5.41, 5.74) is 1.65. The molecule has 0 heterocycles. The van der Waals surface area contributed by atoms with Crippen molar-refractivity contribution in [3.63, 3.8) is 0 Å². The Kier molecular flexibility index (Phi) is 4.40. The summed E-state index contributed by atoms with van der Waals surface area (Å²) in [6.07, 6.45) is -1.63. The SMILES string of the molecule is O=S(=O)(NCc1cccc(C(F)(F)F)c1)c1ccc2c(c1)CCC2. The van der Waals surface area contributed by atoms with E-state index in [1.807, 2.05) is 0 Å². The smallest absolute Gasteiger partial charge is 0.207 e. The normalized spacial score (nSPS) is 14.6. The molecule has 0 saturated heterocycles. The predicted molar refractivity (Wildman–Crippen MR) is 83.9 cm³/mol. The molecule has 0 spiro atoms. The first-order chi connectivity index (χ1) is 11.3. The van der Waals surface area contributed by atoms with Crippen molar-refractivity contribution in [2.45, 2.75) is 36.9 Å². The highest BCUT2D eigenvalue weighted by molar-refractivity contribution is 7.89. The quantitative estimate of drug-likeness (QED) is 0.910. The summed E-state index contributed by atoms with van der Waals surface area (Å²) in [5, 5.41) is 0. The Bertz CT molecular complexity index is 860. The average Bonchev–Trinajstić information content (AvgIpc) is 3.00. The molecule has 0 unspecified atom stereocenters. The van der Waals surface area contributed by atoms with Gasteiger partial charge in [-0.3, -0.25) is 0 Å². The molecule has 0 atom stereocenters. The van der Waals surface area contributed by atoms with E-state index in [2.05, 4.69) is 4.72 Å². The molecule has 0 radical (unpaired) electrons. The summed E-state index contributed by atoms with van der Waals surface area (Å²) >= 11 is 0. The fourth-order valence-electron chi connectivity index (χ4n) is 2.83. The molecule has 2 aromatic rings. The van der Waals surface area contributed by atoms with E-state index >= 15 is 0 Å². The number of aryl methyl sites for hydroxylation is 2. The Morgan fingerprint density at radius 3 is 2.50 bits per heavy atom. The molecule has 0 bridgehead atoms. The Morgan fingerprint density at radius 2 is 1.75 bits per heavy atom. The lowest BCUT2D eigenvalue weighted by Crippen LogP contribution is -2.23. The lowest BCUT2D eigenvalue weighted by molar-refractivity contribution is -0.137. The zero-order valence-electron chi connectivity index (χ0n) is 12.7. The van der Waals surface area contributed by atoms with Gasteiger partial charge >= 0.3 is 6.18 Å². The van der Waals surface area contributed by atoms with Crippen LogP contribution in [0.25, 0.3) is 0 Å². The Labute approximate surface area is 138 Å². The van der Waals surface area contributed by atoms with Crippen LogP contribution in [0, 0.1) is 0 Å². The van der Waals surface area contributed by atoms with Crippen LogP contribution < -0.4 is 4.72 Å². The first-order valence-corrected chi connectivity index (χ1v) is 9.02. The van der Waals surface area contributed by atoms with Crippen LogP contribution in [0.1, 0.15) is 28.7 Å². The van der Waals surface area contributed by atoms with Gasteiger partial charge in [-0.1, -0.05) is 24.3 Å². The maximum absolute atomic E-state index is 12.7. The lowest BCUT2D eigenvalue weighted by Gasteiger charge is -2.11. The van der Waals surface area contributed by atoms with Gasteiger partial charge in [0.15, 0.2) is 0 Å². The second-order valence-corrected chi connectivity index (χ2v) is 7.57. The molecule has 3 rings (SSSR count). The van der Waals surface area contributed by atoms with Crippen LogP contribution in [-0.4, -0.2) is 8.42 Å². The number of sulfonamides is 1. The Morgan fingerprint density at radius 1 is 1.00 bits per heavy atom. The molecule has 2 aromatic carbocycles. The summed E-state index contributed by atoms with van der Waals surface area (Å²) in [5.74, 6) is 0. The third kappa shape index (κ3) is 3.62. The van der Waals surface area contributed by atoms with Crippen LogP contribution in [0.4, 0.5) is 13.2 Å². The van der Waals surface area contributed by atoms with Crippen molar-refractivity contribution in [1.82, 2.24) is 4.72 Å². The van der Waals surface area contributed by atoms with Gasteiger partial charge in [-0.2, -0.15) is 13.2 Å². The van der Waals surface area contributed by atoms with E-state index in [1.165, 1.54) is 12.1 Å². The summed E-state index contributed by atoms with van der Waals surface area (Å²) in [6, 6.07) is 9.63. The van der Waals surface area contributed by atoms with Crippen molar-refractivity contribution in [3.8, 4) is 0 Å². The van der Waals surface area contributed by atoms with E-state index in [0.29, 0.717) is 0 Å². The van der Waals surface area contributed by atoms with Crippen molar-refractivity contribution in [1.29, 1.82) is 0 Å². The standard InChI is InChI=1S/C17H16F3NO2S/c18-17(19,20)15-6-1-3-12(9-15)11-21-24(22,23)16-8-7-13-4-2-5-14(13)10-16/h1,3,6-10,21H,2,4-5,11H2. The van der Waals surface area contributed by atoms with E-state index in [4.69, 9.17) is 0 Å². The second kappa shape index (κ2) is 6.22. The molecule has 0 fully saturated rings. The molecule has 1 aliphatic rings. The molecule has 0 aliphatic heterocycles. The van der Waals surface area contributed by atoms with Crippen molar-refractivity contribution in [2.24, 2.45) is 0 Å². The number of hydrogen-bond acceptors (Lipinski definition) is 2. The van der Waals surface area contributed by atoms with Crippen LogP contribution in [-0.2, 0) is 35.6 Å². The molecule has 0 amide bonds. The Balaban J connectivity index is 1.76. The van der Waals surface area contributed by atoms with Gasteiger partial charge in [-0.25, -0.2) is 13.1 Å². The zero-order valence-corrected chi connectivity index (χ0v) is 13.5. The van der Waals surface area contributed by atoms with E-state index in [-0.39, 0.29) is 17.0 Å². The lowest BCUT2D eigenvalue weighted by atomic mass is 10.1. The first kappa shape index (κ1) is 17.0. The number of nitrogens with one attached hydrogen (secondary N) is 1. The van der Waals surface area contributed by atoms with Gasteiger partial charge < -0.3 is 0 Å². The Hall–Kier alpha value is -1.86. The minimum atomic E-state index is -4.45. The molecule has 1 aliphatic carbocycles. The summed E-state index contributed by atoms with van der Waals surface area (Å²) in [6.45, 7) is -0.191. The fourth-order valence-corrected chi connectivity index (χ4v) is 3.90. The van der Waals surface area contributed by atoms with E-state index in [9.17, 15) is 21.6 Å². The van der Waals surface area contributed by atoms with Crippen LogP contribution in [0.3, 0.4) is 0 Å². The molecule has 1 N–H and O–H groups in total. The highest BCUT2D eigenvalue weighted by Gasteiger charge is 2.30. The van der Waals surface area contributed by atoms with E-state index < -0.39 is 21.8 Å². The number of halogens is 3. The molecule has 0 saturated carbocycles. The van der Waals surface area contributed by atoms with Crippen LogP contribution in [0.15, 0.2) is 47.4 Å². The number of benzene rings is 2. The molecule has 3 nitrogen and oxygen atoms in total. The largest absolute Gasteiger partial charge is 0.416 e. The molecular formula is C17H16F3NO2S. The van der Waals surface area contributed by atoms with E-state index in [0.717, 1.165) is 42.5 Å². The van der Waals surface area contributed by atoms with E-state index in [1.54, 1.807) is 18.2 Å². The van der Waals surface area contributed by atoms with Crippen molar-refractivity contribution < 1.29 is 21.6 Å². The van der Waals surface area contributed by atoms with Gasteiger partial charge in [0.25, 0.3) is 0 Å². The third-order valence-electron chi connectivity index (χ3n) is 4.10. The average molecular weight is 355 g/mol. The van der Waals surface area contributed by atoms with Crippen LogP contribution >= 0.6 is 0 Å². The highest BCUT2D eigenvalue weighted by atomic mass is 32.2. The second-order valence-electron chi connectivity index (χ2n) is 5.81. The van der Waals surface area contributed by atoms with Gasteiger partial charge in [0.1, 0.15) is 0 Å². The summed E-state index contributed by atoms with van der Waals surface area (Å²) in [7, 11) is -3.76. The predicted octanol–water partition coefficient (Wildman–Crippen LogP) is 3.67. The molecular weight excluding hydrogens is 339 g/mol. The first-order valence-electron chi connectivity index (χ1n) is 7.53. The fraction of sp³-hybridized carbons (Fsp3) is 0.294.